The van der Waals surface area contributed by atoms with E-state index in [1.807, 2.05) is 0 Å². The highest BCUT2D eigenvalue weighted by Gasteiger charge is 2.31. The monoisotopic (exact) mass is 564 g/mol. The number of amides is 1. The molecule has 206 valence electrons. The van der Waals surface area contributed by atoms with Crippen molar-refractivity contribution in [1.82, 2.24) is 5.32 Å². The highest BCUT2D eigenvalue weighted by atomic mass is 32.2. The van der Waals surface area contributed by atoms with Crippen LogP contribution in [0, 0.1) is 0 Å². The average Bonchev–Trinajstić information content (AvgIpc) is 2.88. The Labute approximate surface area is 221 Å². The van der Waals surface area contributed by atoms with Crippen molar-refractivity contribution in [3.63, 3.8) is 0 Å². The molecule has 1 amide bonds. The Balaban J connectivity index is 1.72. The van der Waals surface area contributed by atoms with Gasteiger partial charge in [-0.15, -0.1) is 0 Å². The number of benzene rings is 3. The number of hydrogen-bond acceptors (Lipinski definition) is 6. The van der Waals surface area contributed by atoms with Gasteiger partial charge in [-0.1, -0.05) is 31.2 Å². The molecule has 13 heteroatoms. The average molecular weight is 565 g/mol. The normalized spacial score (nSPS) is 12.3. The fourth-order valence-electron chi connectivity index (χ4n) is 3.54. The molecular formula is C26H23F3N2O7S. The fourth-order valence-corrected chi connectivity index (χ4v) is 4.62. The number of para-hydroxylation sites is 1. The number of alkyl halides is 3. The summed E-state index contributed by atoms with van der Waals surface area (Å²) in [6.07, 6.45) is -4.26. The van der Waals surface area contributed by atoms with E-state index in [-0.39, 0.29) is 28.3 Å². The molecule has 3 aromatic carbocycles. The number of esters is 1. The number of carboxylic acid groups (broad SMARTS) is 1. The van der Waals surface area contributed by atoms with E-state index in [1.54, 1.807) is 6.92 Å². The molecule has 9 nitrogen and oxygen atoms in total. The Morgan fingerprint density at radius 3 is 2.13 bits per heavy atom. The zero-order chi connectivity index (χ0) is 28.8. The van der Waals surface area contributed by atoms with Crippen LogP contribution in [0.15, 0.2) is 77.7 Å². The van der Waals surface area contributed by atoms with Crippen molar-refractivity contribution >= 4 is 33.6 Å². The summed E-state index contributed by atoms with van der Waals surface area (Å²) in [6.45, 7) is 1.02. The molecule has 1 unspecified atom stereocenters. The van der Waals surface area contributed by atoms with Gasteiger partial charge in [0.15, 0.2) is 0 Å². The van der Waals surface area contributed by atoms with Gasteiger partial charge in [-0.05, 0) is 60.5 Å². The maximum Gasteiger partial charge on any atom is 0.416 e. The molecule has 0 spiro atoms. The van der Waals surface area contributed by atoms with Crippen LogP contribution < -0.4 is 14.8 Å². The Morgan fingerprint density at radius 1 is 0.949 bits per heavy atom. The van der Waals surface area contributed by atoms with Crippen molar-refractivity contribution in [3.8, 4) is 5.75 Å². The number of sulfonamides is 1. The number of nitrogens with one attached hydrogen (secondary N) is 2. The van der Waals surface area contributed by atoms with E-state index in [0.717, 1.165) is 24.3 Å². The van der Waals surface area contributed by atoms with Crippen molar-refractivity contribution in [2.24, 2.45) is 0 Å². The van der Waals surface area contributed by atoms with Crippen molar-refractivity contribution in [2.45, 2.75) is 30.3 Å². The van der Waals surface area contributed by atoms with Crippen LogP contribution in [-0.4, -0.2) is 37.9 Å². The second kappa shape index (κ2) is 12.0. The predicted octanol–water partition coefficient (Wildman–Crippen LogP) is 4.42. The quantitative estimate of drug-likeness (QED) is 0.245. The maximum atomic E-state index is 12.9. The topological polar surface area (TPSA) is 139 Å². The van der Waals surface area contributed by atoms with Crippen molar-refractivity contribution in [2.75, 3.05) is 11.3 Å². The number of ether oxygens (including phenoxy) is 1. The maximum absolute atomic E-state index is 12.9. The highest BCUT2D eigenvalue weighted by molar-refractivity contribution is 7.92. The van der Waals surface area contributed by atoms with E-state index in [4.69, 9.17) is 9.84 Å². The van der Waals surface area contributed by atoms with Crippen molar-refractivity contribution in [1.29, 1.82) is 0 Å². The Kier molecular flexibility index (Phi) is 8.96. The van der Waals surface area contributed by atoms with Crippen LogP contribution in [0.2, 0.25) is 0 Å². The summed E-state index contributed by atoms with van der Waals surface area (Å²) in [5, 5.41) is 10.9. The van der Waals surface area contributed by atoms with E-state index in [1.165, 1.54) is 48.5 Å². The minimum Gasteiger partial charge on any atom is -0.480 e. The fraction of sp³-hybridized carbons (Fsp3) is 0.192. The van der Waals surface area contributed by atoms with Gasteiger partial charge in [-0.3, -0.25) is 19.1 Å². The van der Waals surface area contributed by atoms with Crippen LogP contribution in [0.25, 0.3) is 0 Å². The second-order valence-corrected chi connectivity index (χ2v) is 9.88. The van der Waals surface area contributed by atoms with Crippen LogP contribution in [0.1, 0.15) is 40.7 Å². The number of carbonyl (C=O) groups is 3. The summed E-state index contributed by atoms with van der Waals surface area (Å²) in [4.78, 5) is 35.5. The van der Waals surface area contributed by atoms with Gasteiger partial charge in [-0.25, -0.2) is 8.42 Å². The van der Waals surface area contributed by atoms with Crippen LogP contribution in [0.5, 0.6) is 5.75 Å². The molecule has 3 rings (SSSR count). The third-order valence-electron chi connectivity index (χ3n) is 5.50. The lowest BCUT2D eigenvalue weighted by Crippen LogP contribution is -2.30. The van der Waals surface area contributed by atoms with Gasteiger partial charge in [0, 0.05) is 0 Å². The standard InChI is InChI=1S/C26H23F3N2O7S/c1-2-20(16-7-9-17(10-8-16)26(27,28)29)25(35)38-18-11-13-19(14-12-18)39(36,37)31-22-6-4-3-5-21(22)24(34)30-15-23(32)33/h3-14,20,31H,2,15H2,1H3,(H,30,34)(H,32,33). The lowest BCUT2D eigenvalue weighted by Gasteiger charge is -2.16. The minimum absolute atomic E-state index is 0.0118. The van der Waals surface area contributed by atoms with Gasteiger partial charge in [0.1, 0.15) is 12.3 Å². The van der Waals surface area contributed by atoms with Crippen molar-refractivity contribution < 1.29 is 45.8 Å². The van der Waals surface area contributed by atoms with E-state index >= 15 is 0 Å². The molecule has 0 radical (unpaired) electrons. The van der Waals surface area contributed by atoms with Crippen LogP contribution >= 0.6 is 0 Å². The second-order valence-electron chi connectivity index (χ2n) is 8.20. The third kappa shape index (κ3) is 7.57. The largest absolute Gasteiger partial charge is 0.480 e. The number of aliphatic carboxylic acids is 1. The SMILES string of the molecule is CCC(C(=O)Oc1ccc(S(=O)(=O)Nc2ccccc2C(=O)NCC(=O)O)cc1)c1ccc(C(F)(F)F)cc1. The molecule has 0 aliphatic rings. The number of hydrogen-bond donors (Lipinski definition) is 3. The Morgan fingerprint density at radius 2 is 1.56 bits per heavy atom. The molecule has 0 bridgehead atoms. The van der Waals surface area contributed by atoms with Crippen molar-refractivity contribution in [3.05, 3.63) is 89.5 Å². The smallest absolute Gasteiger partial charge is 0.416 e. The summed E-state index contributed by atoms with van der Waals surface area (Å²) >= 11 is 0. The molecule has 0 aliphatic carbocycles. The lowest BCUT2D eigenvalue weighted by atomic mass is 9.95. The first-order valence-corrected chi connectivity index (χ1v) is 12.9. The highest BCUT2D eigenvalue weighted by Crippen LogP contribution is 2.31. The van der Waals surface area contributed by atoms with Crippen LogP contribution in [0.4, 0.5) is 18.9 Å². The molecule has 0 heterocycles. The molecular weight excluding hydrogens is 541 g/mol. The van der Waals surface area contributed by atoms with Crippen LogP contribution in [-0.2, 0) is 25.8 Å². The molecule has 0 saturated carbocycles. The van der Waals surface area contributed by atoms with E-state index < -0.39 is 52.1 Å². The van der Waals surface area contributed by atoms with Crippen LogP contribution in [0.3, 0.4) is 0 Å². The first-order chi connectivity index (χ1) is 18.3. The van der Waals surface area contributed by atoms with Gasteiger partial charge >= 0.3 is 18.1 Å². The predicted molar refractivity (Wildman–Crippen MR) is 134 cm³/mol. The molecule has 0 saturated heterocycles. The molecule has 3 aromatic rings. The first-order valence-electron chi connectivity index (χ1n) is 11.4. The third-order valence-corrected chi connectivity index (χ3v) is 6.88. The zero-order valence-corrected chi connectivity index (χ0v) is 21.2. The summed E-state index contributed by atoms with van der Waals surface area (Å²) in [5.41, 5.74) is -0.687. The number of carbonyl (C=O) groups excluding carboxylic acids is 2. The Bertz CT molecular complexity index is 1460. The Hall–Kier alpha value is -4.39. The molecule has 0 fully saturated rings. The first kappa shape index (κ1) is 29.2. The molecule has 1 atom stereocenters. The van der Waals surface area contributed by atoms with E-state index in [0.29, 0.717) is 5.56 Å². The van der Waals surface area contributed by atoms with Gasteiger partial charge in [-0.2, -0.15) is 13.2 Å². The van der Waals surface area contributed by atoms with Gasteiger partial charge in [0.05, 0.1) is 27.6 Å². The van der Waals surface area contributed by atoms with E-state index in [2.05, 4.69) is 10.0 Å². The molecule has 39 heavy (non-hydrogen) atoms. The minimum atomic E-state index is -4.51. The van der Waals surface area contributed by atoms with E-state index in [9.17, 15) is 36.0 Å². The molecule has 3 N–H and O–H groups in total. The van der Waals surface area contributed by atoms with Gasteiger partial charge < -0.3 is 15.2 Å². The van der Waals surface area contributed by atoms with Gasteiger partial charge in [0.25, 0.3) is 15.9 Å². The zero-order valence-electron chi connectivity index (χ0n) is 20.4. The summed E-state index contributed by atoms with van der Waals surface area (Å²) in [7, 11) is -4.20. The molecule has 0 aromatic heterocycles. The number of halogens is 3. The number of anilines is 1. The summed E-state index contributed by atoms with van der Waals surface area (Å²) in [5.74, 6) is -3.63. The number of rotatable bonds is 10. The summed E-state index contributed by atoms with van der Waals surface area (Å²) < 4.78 is 71.8. The van der Waals surface area contributed by atoms with Gasteiger partial charge in [0.2, 0.25) is 0 Å². The molecule has 0 aliphatic heterocycles. The summed E-state index contributed by atoms with van der Waals surface area (Å²) in [6, 6.07) is 14.6. The lowest BCUT2D eigenvalue weighted by molar-refractivity contribution is -0.138. The number of carboxylic acids is 1.